The van der Waals surface area contributed by atoms with Crippen LogP contribution in [-0.4, -0.2) is 11.1 Å². The second-order valence-corrected chi connectivity index (χ2v) is 7.41. The van der Waals surface area contributed by atoms with Crippen LogP contribution in [-0.2, 0) is 4.79 Å². The van der Waals surface area contributed by atoms with E-state index >= 15 is 0 Å². The number of carboxylic acids is 1. The third-order valence-corrected chi connectivity index (χ3v) is 5.20. The van der Waals surface area contributed by atoms with Crippen molar-refractivity contribution in [2.24, 2.45) is 0 Å². The molecule has 0 atom stereocenters. The van der Waals surface area contributed by atoms with Crippen molar-refractivity contribution in [2.45, 2.75) is 20.3 Å². The van der Waals surface area contributed by atoms with Crippen molar-refractivity contribution in [2.75, 3.05) is 0 Å². The maximum absolute atomic E-state index is 13.8. The Morgan fingerprint density at radius 3 is 2.43 bits per heavy atom. The van der Waals surface area contributed by atoms with Crippen molar-refractivity contribution in [1.82, 2.24) is 0 Å². The zero-order valence-corrected chi connectivity index (χ0v) is 16.8. The summed E-state index contributed by atoms with van der Waals surface area (Å²) in [5, 5.41) is 9.27. The van der Waals surface area contributed by atoms with Crippen LogP contribution in [0.15, 0.2) is 72.3 Å². The summed E-state index contributed by atoms with van der Waals surface area (Å²) in [5.41, 5.74) is 6.01. The first kappa shape index (κ1) is 19.6. The molecule has 0 bridgehead atoms. The Labute approximate surface area is 174 Å². The number of fused-ring (bicyclic) bond motifs is 1. The summed E-state index contributed by atoms with van der Waals surface area (Å²) in [6.07, 6.45) is 1.86. The first-order valence-electron chi connectivity index (χ1n) is 9.69. The fourth-order valence-corrected chi connectivity index (χ4v) is 3.75. The number of ether oxygens (including phenoxy) is 1. The maximum atomic E-state index is 13.8. The van der Waals surface area contributed by atoms with E-state index in [9.17, 15) is 14.3 Å². The van der Waals surface area contributed by atoms with Crippen LogP contribution in [0.5, 0.6) is 11.5 Å². The van der Waals surface area contributed by atoms with E-state index in [2.05, 4.69) is 0 Å². The average molecular weight is 400 g/mol. The molecule has 0 saturated carbocycles. The van der Waals surface area contributed by atoms with E-state index in [1.807, 2.05) is 68.5 Å². The predicted octanol–water partition coefficient (Wildman–Crippen LogP) is 6.73. The number of hydrogen-bond acceptors (Lipinski definition) is 2. The molecule has 1 aliphatic rings. The van der Waals surface area contributed by atoms with E-state index in [4.69, 9.17) is 4.74 Å². The van der Waals surface area contributed by atoms with Gasteiger partial charge in [-0.3, -0.25) is 4.79 Å². The number of carbonyl (C=O) groups is 1. The van der Waals surface area contributed by atoms with Crippen LogP contribution in [0.1, 0.15) is 35.6 Å². The van der Waals surface area contributed by atoms with Gasteiger partial charge in [-0.1, -0.05) is 30.3 Å². The minimum absolute atomic E-state index is 0.136. The molecule has 3 aromatic rings. The van der Waals surface area contributed by atoms with E-state index in [1.54, 1.807) is 6.07 Å². The molecule has 3 nitrogen and oxygen atoms in total. The van der Waals surface area contributed by atoms with Crippen molar-refractivity contribution in [3.63, 3.8) is 0 Å². The molecule has 0 radical (unpaired) electrons. The van der Waals surface area contributed by atoms with E-state index in [1.165, 1.54) is 12.1 Å². The Bertz CT molecular complexity index is 1190. The molecule has 4 rings (SSSR count). The maximum Gasteiger partial charge on any atom is 0.307 e. The van der Waals surface area contributed by atoms with Gasteiger partial charge in [0.2, 0.25) is 0 Å². The lowest BCUT2D eigenvalue weighted by molar-refractivity contribution is -0.135. The zero-order valence-electron chi connectivity index (χ0n) is 16.8. The Hall–Kier alpha value is -3.66. The van der Waals surface area contributed by atoms with Gasteiger partial charge in [0.05, 0.1) is 6.42 Å². The quantitative estimate of drug-likeness (QED) is 0.516. The number of aryl methyl sites for hydroxylation is 1. The predicted molar refractivity (Wildman–Crippen MR) is 117 cm³/mol. The molecule has 3 aromatic carbocycles. The van der Waals surface area contributed by atoms with E-state index < -0.39 is 5.97 Å². The van der Waals surface area contributed by atoms with Gasteiger partial charge in [-0.25, -0.2) is 4.39 Å². The molecule has 0 fully saturated rings. The molecule has 1 aliphatic carbocycles. The molecular formula is C26H21FO3. The molecular weight excluding hydrogens is 379 g/mol. The molecule has 4 heteroatoms. The Kier molecular flexibility index (Phi) is 5.23. The summed E-state index contributed by atoms with van der Waals surface area (Å²) in [6.45, 7) is 3.90. The minimum atomic E-state index is -0.932. The van der Waals surface area contributed by atoms with Gasteiger partial charge in [0, 0.05) is 0 Å². The number of benzene rings is 3. The van der Waals surface area contributed by atoms with Gasteiger partial charge < -0.3 is 9.84 Å². The molecule has 1 N–H and O–H groups in total. The number of halogens is 1. The monoisotopic (exact) mass is 400 g/mol. The van der Waals surface area contributed by atoms with Gasteiger partial charge in [0.1, 0.15) is 17.3 Å². The van der Waals surface area contributed by atoms with Crippen LogP contribution in [0, 0.1) is 12.7 Å². The zero-order chi connectivity index (χ0) is 21.3. The highest BCUT2D eigenvalue weighted by Crippen LogP contribution is 2.43. The summed E-state index contributed by atoms with van der Waals surface area (Å²) in [7, 11) is 0. The van der Waals surface area contributed by atoms with Crippen LogP contribution < -0.4 is 4.74 Å². The lowest BCUT2D eigenvalue weighted by Gasteiger charge is -2.08. The minimum Gasteiger partial charge on any atom is -0.481 e. The van der Waals surface area contributed by atoms with Crippen molar-refractivity contribution < 1.29 is 19.0 Å². The van der Waals surface area contributed by atoms with Crippen LogP contribution in [0.25, 0.3) is 17.2 Å². The average Bonchev–Trinajstić information content (AvgIpc) is 2.94. The topological polar surface area (TPSA) is 46.5 Å². The molecule has 0 aromatic heterocycles. The summed E-state index contributed by atoms with van der Waals surface area (Å²) in [5.74, 6) is 0.210. The van der Waals surface area contributed by atoms with Gasteiger partial charge in [0.15, 0.2) is 0 Å². The van der Waals surface area contributed by atoms with Crippen molar-refractivity contribution >= 4 is 23.2 Å². The van der Waals surface area contributed by atoms with Gasteiger partial charge in [-0.15, -0.1) is 0 Å². The molecule has 0 aliphatic heterocycles. The largest absolute Gasteiger partial charge is 0.481 e. The summed E-state index contributed by atoms with van der Waals surface area (Å²) in [6, 6.07) is 20.1. The van der Waals surface area contributed by atoms with E-state index in [0.29, 0.717) is 11.1 Å². The third kappa shape index (κ3) is 4.03. The van der Waals surface area contributed by atoms with Crippen molar-refractivity contribution in [3.8, 4) is 11.5 Å². The fourth-order valence-electron chi connectivity index (χ4n) is 3.75. The first-order chi connectivity index (χ1) is 14.4. The standard InChI is InChI=1S/C26H21FO3/c1-16-4-3-5-21(12-16)30-20-9-6-18(7-10-20)13-23-17(2)24(15-26(28)29)25-14-19(27)8-11-22(23)25/h3-14H,15H2,1-2H3,(H,28,29)/b23-13-. The van der Waals surface area contributed by atoms with Gasteiger partial charge >= 0.3 is 5.97 Å². The third-order valence-electron chi connectivity index (χ3n) is 5.20. The summed E-state index contributed by atoms with van der Waals surface area (Å²) in [4.78, 5) is 11.3. The summed E-state index contributed by atoms with van der Waals surface area (Å²) < 4.78 is 19.7. The highest BCUT2D eigenvalue weighted by Gasteiger charge is 2.25. The second-order valence-electron chi connectivity index (χ2n) is 7.41. The number of carboxylic acid groups (broad SMARTS) is 1. The SMILES string of the molecule is CC1=C(CC(=O)O)c2cc(F)ccc2/C1=C\c1ccc(Oc2cccc(C)c2)cc1. The van der Waals surface area contributed by atoms with Crippen LogP contribution in [0.2, 0.25) is 0 Å². The first-order valence-corrected chi connectivity index (χ1v) is 9.69. The van der Waals surface area contributed by atoms with Crippen LogP contribution in [0.3, 0.4) is 0 Å². The van der Waals surface area contributed by atoms with Gasteiger partial charge in [-0.05, 0) is 95.3 Å². The lowest BCUT2D eigenvalue weighted by Crippen LogP contribution is -1.97. The van der Waals surface area contributed by atoms with Crippen LogP contribution >= 0.6 is 0 Å². The van der Waals surface area contributed by atoms with Crippen molar-refractivity contribution in [3.05, 3.63) is 100 Å². The van der Waals surface area contributed by atoms with Crippen molar-refractivity contribution in [1.29, 1.82) is 0 Å². The highest BCUT2D eigenvalue weighted by molar-refractivity contribution is 6.07. The Balaban J connectivity index is 1.65. The molecule has 0 amide bonds. The number of hydrogen-bond donors (Lipinski definition) is 1. The Morgan fingerprint density at radius 2 is 1.73 bits per heavy atom. The molecule has 150 valence electrons. The molecule has 0 heterocycles. The smallest absolute Gasteiger partial charge is 0.307 e. The Morgan fingerprint density at radius 1 is 0.967 bits per heavy atom. The normalized spacial score (nSPS) is 14.2. The fraction of sp³-hybridized carbons (Fsp3) is 0.115. The second kappa shape index (κ2) is 7.99. The molecule has 0 saturated heterocycles. The van der Waals surface area contributed by atoms with E-state index in [0.717, 1.165) is 39.3 Å². The number of rotatable bonds is 5. The van der Waals surface area contributed by atoms with Gasteiger partial charge in [0.25, 0.3) is 0 Å². The summed E-state index contributed by atoms with van der Waals surface area (Å²) >= 11 is 0. The molecule has 0 unspecified atom stereocenters. The van der Waals surface area contributed by atoms with Gasteiger partial charge in [-0.2, -0.15) is 0 Å². The molecule has 0 spiro atoms. The lowest BCUT2D eigenvalue weighted by atomic mass is 10.0. The molecule has 30 heavy (non-hydrogen) atoms. The highest BCUT2D eigenvalue weighted by atomic mass is 19.1. The number of allylic oxidation sites excluding steroid dienone is 2. The van der Waals surface area contributed by atoms with E-state index in [-0.39, 0.29) is 12.2 Å². The van der Waals surface area contributed by atoms with Crippen LogP contribution in [0.4, 0.5) is 4.39 Å². The number of aliphatic carboxylic acids is 1.